The van der Waals surface area contributed by atoms with Gasteiger partial charge in [0.2, 0.25) is 15.8 Å². The number of nitrogens with one attached hydrogen (secondary N) is 2. The molecule has 8 nitrogen and oxygen atoms in total. The molecule has 154 valence electrons. The van der Waals surface area contributed by atoms with Crippen LogP contribution in [0.4, 0.5) is 5.69 Å². The van der Waals surface area contributed by atoms with Crippen molar-refractivity contribution in [3.63, 3.8) is 0 Å². The number of carbonyl (C=O) groups excluding carboxylic acids is 3. The van der Waals surface area contributed by atoms with Crippen molar-refractivity contribution in [1.82, 2.24) is 5.32 Å². The van der Waals surface area contributed by atoms with Crippen LogP contribution >= 0.6 is 0 Å². The van der Waals surface area contributed by atoms with Crippen molar-refractivity contribution < 1.29 is 27.5 Å². The van der Waals surface area contributed by atoms with Gasteiger partial charge in [0.15, 0.2) is 6.10 Å². The smallest absolute Gasteiger partial charge is 0.329 e. The zero-order valence-corrected chi connectivity index (χ0v) is 17.0. The summed E-state index contributed by atoms with van der Waals surface area (Å²) in [5.41, 5.74) is 0.968. The summed E-state index contributed by atoms with van der Waals surface area (Å²) in [7, 11) is -3.42. The molecule has 0 radical (unpaired) electrons. The van der Waals surface area contributed by atoms with Gasteiger partial charge in [0, 0.05) is 16.8 Å². The molecule has 0 saturated heterocycles. The van der Waals surface area contributed by atoms with Crippen LogP contribution in [0.5, 0.6) is 0 Å². The zero-order valence-electron chi connectivity index (χ0n) is 16.2. The number of anilines is 1. The van der Waals surface area contributed by atoms with Crippen molar-refractivity contribution in [2.45, 2.75) is 26.0 Å². The van der Waals surface area contributed by atoms with Gasteiger partial charge in [-0.1, -0.05) is 18.2 Å². The maximum Gasteiger partial charge on any atom is 0.329 e. The Bertz CT molecular complexity index is 987. The minimum absolute atomic E-state index is 0.255. The molecule has 0 spiro atoms. The maximum atomic E-state index is 12.4. The fourth-order valence-electron chi connectivity index (χ4n) is 2.41. The summed E-state index contributed by atoms with van der Waals surface area (Å²) < 4.78 is 29.9. The van der Waals surface area contributed by atoms with Crippen LogP contribution in [0.15, 0.2) is 54.6 Å². The molecule has 2 atom stereocenters. The van der Waals surface area contributed by atoms with E-state index in [1.165, 1.54) is 38.1 Å². The standard InChI is InChI=1S/C20H22N2O6S/c1-13(21-19(24)16-7-5-4-6-8-16)20(25)28-14(2)18(23)15-9-11-17(12-10-15)22-29(3,26)27/h4-14,22H,1-3H3,(H,21,24)/t13-,14-/m0/s1. The predicted octanol–water partition coefficient (Wildman–Crippen LogP) is 1.99. The van der Waals surface area contributed by atoms with Crippen LogP contribution in [0.2, 0.25) is 0 Å². The molecule has 0 aromatic heterocycles. The van der Waals surface area contributed by atoms with Gasteiger partial charge in [-0.25, -0.2) is 13.2 Å². The molecular formula is C20H22N2O6S. The molecular weight excluding hydrogens is 396 g/mol. The molecule has 0 bridgehead atoms. The first kappa shape index (κ1) is 22.1. The highest BCUT2D eigenvalue weighted by Gasteiger charge is 2.24. The Hall–Kier alpha value is -3.20. The van der Waals surface area contributed by atoms with Gasteiger partial charge in [-0.2, -0.15) is 0 Å². The molecule has 0 aliphatic carbocycles. The number of sulfonamides is 1. The van der Waals surface area contributed by atoms with Crippen LogP contribution < -0.4 is 10.0 Å². The Labute approximate surface area is 169 Å². The second-order valence-electron chi connectivity index (χ2n) is 6.46. The number of benzene rings is 2. The fourth-order valence-corrected chi connectivity index (χ4v) is 2.97. The van der Waals surface area contributed by atoms with Gasteiger partial charge in [-0.3, -0.25) is 14.3 Å². The lowest BCUT2D eigenvalue weighted by Crippen LogP contribution is -2.41. The molecule has 2 rings (SSSR count). The first-order chi connectivity index (χ1) is 13.6. The van der Waals surface area contributed by atoms with Gasteiger partial charge in [0.25, 0.3) is 5.91 Å². The topological polar surface area (TPSA) is 119 Å². The van der Waals surface area contributed by atoms with Crippen LogP contribution in [0.25, 0.3) is 0 Å². The Morgan fingerprint density at radius 3 is 2.03 bits per heavy atom. The number of carbonyl (C=O) groups is 3. The Balaban J connectivity index is 1.94. The third-order valence-electron chi connectivity index (χ3n) is 3.87. The molecule has 0 aliphatic rings. The van der Waals surface area contributed by atoms with Crippen molar-refractivity contribution in [2.24, 2.45) is 0 Å². The normalized spacial score (nSPS) is 13.1. The lowest BCUT2D eigenvalue weighted by atomic mass is 10.1. The highest BCUT2D eigenvalue weighted by molar-refractivity contribution is 7.92. The van der Waals surface area contributed by atoms with Crippen molar-refractivity contribution in [3.8, 4) is 0 Å². The van der Waals surface area contributed by atoms with E-state index in [9.17, 15) is 22.8 Å². The van der Waals surface area contributed by atoms with E-state index >= 15 is 0 Å². The third-order valence-corrected chi connectivity index (χ3v) is 4.48. The van der Waals surface area contributed by atoms with Gasteiger partial charge in [0.1, 0.15) is 6.04 Å². The molecule has 0 aliphatic heterocycles. The van der Waals surface area contributed by atoms with Gasteiger partial charge >= 0.3 is 5.97 Å². The van der Waals surface area contributed by atoms with Gasteiger partial charge in [-0.05, 0) is 50.2 Å². The molecule has 1 amide bonds. The number of ether oxygens (including phenoxy) is 1. The maximum absolute atomic E-state index is 12.4. The van der Waals surface area contributed by atoms with E-state index < -0.39 is 39.8 Å². The fraction of sp³-hybridized carbons (Fsp3) is 0.250. The number of Topliss-reactive ketones (excluding diaryl/α,β-unsaturated/α-hetero) is 1. The molecule has 0 heterocycles. The van der Waals surface area contributed by atoms with Crippen LogP contribution in [0.3, 0.4) is 0 Å². The van der Waals surface area contributed by atoms with E-state index in [1.807, 2.05) is 0 Å². The first-order valence-corrected chi connectivity index (χ1v) is 10.6. The van der Waals surface area contributed by atoms with E-state index in [2.05, 4.69) is 10.0 Å². The molecule has 0 saturated carbocycles. The summed E-state index contributed by atoms with van der Waals surface area (Å²) in [6.45, 7) is 2.89. The number of ketones is 1. The number of hydrogen-bond donors (Lipinski definition) is 2. The first-order valence-electron chi connectivity index (χ1n) is 8.75. The minimum Gasteiger partial charge on any atom is -0.453 e. The van der Waals surface area contributed by atoms with E-state index in [0.717, 1.165) is 6.26 Å². The van der Waals surface area contributed by atoms with Crippen LogP contribution in [-0.4, -0.2) is 44.5 Å². The number of amides is 1. The average molecular weight is 418 g/mol. The third kappa shape index (κ3) is 6.72. The second kappa shape index (κ2) is 9.33. The number of hydrogen-bond acceptors (Lipinski definition) is 6. The van der Waals surface area contributed by atoms with Crippen molar-refractivity contribution in [1.29, 1.82) is 0 Å². The predicted molar refractivity (Wildman–Crippen MR) is 108 cm³/mol. The summed E-state index contributed by atoms with van der Waals surface area (Å²) >= 11 is 0. The summed E-state index contributed by atoms with van der Waals surface area (Å²) in [5, 5.41) is 2.52. The van der Waals surface area contributed by atoms with Crippen LogP contribution in [-0.2, 0) is 19.6 Å². The lowest BCUT2D eigenvalue weighted by Gasteiger charge is -2.17. The van der Waals surface area contributed by atoms with E-state index in [1.54, 1.807) is 30.3 Å². The Morgan fingerprint density at radius 1 is 0.897 bits per heavy atom. The molecule has 2 aromatic carbocycles. The molecule has 9 heteroatoms. The summed E-state index contributed by atoms with van der Waals surface area (Å²) in [5.74, 6) is -1.63. The van der Waals surface area contributed by atoms with Gasteiger partial charge < -0.3 is 10.1 Å². The molecule has 2 aromatic rings. The molecule has 29 heavy (non-hydrogen) atoms. The molecule has 0 unspecified atom stereocenters. The summed E-state index contributed by atoms with van der Waals surface area (Å²) in [6.07, 6.45) is -0.0574. The van der Waals surface area contributed by atoms with Gasteiger partial charge in [-0.15, -0.1) is 0 Å². The van der Waals surface area contributed by atoms with Crippen molar-refractivity contribution >= 4 is 33.4 Å². The average Bonchev–Trinajstić information content (AvgIpc) is 2.67. The second-order valence-corrected chi connectivity index (χ2v) is 8.20. The largest absolute Gasteiger partial charge is 0.453 e. The molecule has 0 fully saturated rings. The van der Waals surface area contributed by atoms with E-state index in [4.69, 9.17) is 4.74 Å². The minimum atomic E-state index is -3.42. The van der Waals surface area contributed by atoms with E-state index in [0.29, 0.717) is 11.3 Å². The van der Waals surface area contributed by atoms with Gasteiger partial charge in [0.05, 0.1) is 6.26 Å². The summed E-state index contributed by atoms with van der Waals surface area (Å²) in [6, 6.07) is 13.2. The Morgan fingerprint density at radius 2 is 1.48 bits per heavy atom. The van der Waals surface area contributed by atoms with Crippen LogP contribution in [0, 0.1) is 0 Å². The Kier molecular flexibility index (Phi) is 7.11. The van der Waals surface area contributed by atoms with Crippen molar-refractivity contribution in [3.05, 3.63) is 65.7 Å². The van der Waals surface area contributed by atoms with Crippen LogP contribution in [0.1, 0.15) is 34.6 Å². The zero-order chi connectivity index (χ0) is 21.6. The molecule has 2 N–H and O–H groups in total. The highest BCUT2D eigenvalue weighted by atomic mass is 32.2. The van der Waals surface area contributed by atoms with E-state index in [-0.39, 0.29) is 5.56 Å². The highest BCUT2D eigenvalue weighted by Crippen LogP contribution is 2.14. The SMILES string of the molecule is C[C@H](NC(=O)c1ccccc1)C(=O)O[C@@H](C)C(=O)c1ccc(NS(C)(=O)=O)cc1. The quantitative estimate of drug-likeness (QED) is 0.500. The van der Waals surface area contributed by atoms with Crippen molar-refractivity contribution in [2.75, 3.05) is 11.0 Å². The summed E-state index contributed by atoms with van der Waals surface area (Å²) in [4.78, 5) is 36.7. The monoisotopic (exact) mass is 418 g/mol. The number of rotatable bonds is 8. The lowest BCUT2D eigenvalue weighted by molar-refractivity contribution is -0.148. The number of esters is 1.